The fraction of sp³-hybridized carbons (Fsp3) is 0.667. The Hall–Kier alpha value is -1.65. The minimum atomic E-state index is -0.157. The van der Waals surface area contributed by atoms with Crippen LogP contribution < -0.4 is 10.6 Å². The second kappa shape index (κ2) is 9.28. The molecule has 0 aromatic carbocycles. The molecule has 0 unspecified atom stereocenters. The van der Waals surface area contributed by atoms with Crippen LogP contribution in [0.4, 0.5) is 5.82 Å². The monoisotopic (exact) mass is 278 g/mol. The smallest absolute Gasteiger partial charge is 0.271 e. The number of hydrogen-bond donors (Lipinski definition) is 2. The van der Waals surface area contributed by atoms with Gasteiger partial charge in [0.15, 0.2) is 5.69 Å². The van der Waals surface area contributed by atoms with E-state index < -0.39 is 0 Å². The minimum Gasteiger partial charge on any atom is -0.369 e. The van der Waals surface area contributed by atoms with Crippen molar-refractivity contribution in [2.75, 3.05) is 18.4 Å². The molecule has 0 aliphatic carbocycles. The van der Waals surface area contributed by atoms with Crippen molar-refractivity contribution >= 4 is 11.7 Å². The molecule has 5 heteroatoms. The Morgan fingerprint density at radius 3 is 2.60 bits per heavy atom. The first kappa shape index (κ1) is 16.4. The zero-order chi connectivity index (χ0) is 14.8. The van der Waals surface area contributed by atoms with Crippen LogP contribution in [0.1, 0.15) is 56.9 Å². The average Bonchev–Trinajstić information content (AvgIpc) is 2.44. The lowest BCUT2D eigenvalue weighted by Crippen LogP contribution is -2.26. The maximum atomic E-state index is 11.8. The summed E-state index contributed by atoms with van der Waals surface area (Å²) in [5.41, 5.74) is 0.368. The predicted octanol–water partition coefficient (Wildman–Crippen LogP) is 2.85. The van der Waals surface area contributed by atoms with Gasteiger partial charge in [0, 0.05) is 13.1 Å². The van der Waals surface area contributed by atoms with Crippen LogP contribution in [0.25, 0.3) is 0 Å². The molecule has 2 N–H and O–H groups in total. The van der Waals surface area contributed by atoms with E-state index >= 15 is 0 Å². The first-order valence-electron chi connectivity index (χ1n) is 7.49. The highest BCUT2D eigenvalue weighted by atomic mass is 16.1. The van der Waals surface area contributed by atoms with Gasteiger partial charge in [-0.2, -0.15) is 0 Å². The zero-order valence-electron chi connectivity index (χ0n) is 12.8. The van der Waals surface area contributed by atoms with Crippen LogP contribution in [-0.4, -0.2) is 29.2 Å². The molecule has 0 aliphatic rings. The number of aromatic nitrogens is 2. The van der Waals surface area contributed by atoms with Gasteiger partial charge in [0.2, 0.25) is 0 Å². The molecule has 1 aromatic rings. The van der Waals surface area contributed by atoms with Gasteiger partial charge in [-0.1, -0.05) is 33.6 Å². The molecule has 0 atom stereocenters. The summed E-state index contributed by atoms with van der Waals surface area (Å²) in [5.74, 6) is 1.14. The van der Waals surface area contributed by atoms with E-state index in [1.54, 1.807) is 12.1 Å². The van der Waals surface area contributed by atoms with E-state index in [0.29, 0.717) is 18.2 Å². The van der Waals surface area contributed by atoms with E-state index in [1.165, 1.54) is 12.8 Å². The van der Waals surface area contributed by atoms with Crippen LogP contribution in [0.15, 0.2) is 12.1 Å². The summed E-state index contributed by atoms with van der Waals surface area (Å²) < 4.78 is 0. The Bertz CT molecular complexity index is 389. The topological polar surface area (TPSA) is 66.9 Å². The summed E-state index contributed by atoms with van der Waals surface area (Å²) in [4.78, 5) is 11.8. The molecule has 1 rings (SSSR count). The number of anilines is 1. The molecular weight excluding hydrogens is 252 g/mol. The number of unbranched alkanes of at least 4 members (excludes halogenated alkanes) is 2. The van der Waals surface area contributed by atoms with Crippen molar-refractivity contribution in [2.24, 2.45) is 5.92 Å². The van der Waals surface area contributed by atoms with Crippen LogP contribution in [0.2, 0.25) is 0 Å². The molecule has 1 amide bonds. The highest BCUT2D eigenvalue weighted by Gasteiger charge is 2.07. The third-order valence-electron chi connectivity index (χ3n) is 2.99. The summed E-state index contributed by atoms with van der Waals surface area (Å²) in [6.45, 7) is 8.00. The second-order valence-corrected chi connectivity index (χ2v) is 5.38. The molecule has 0 aliphatic heterocycles. The van der Waals surface area contributed by atoms with Crippen LogP contribution in [0, 0.1) is 5.92 Å². The van der Waals surface area contributed by atoms with Crippen molar-refractivity contribution in [1.29, 1.82) is 0 Å². The number of amides is 1. The van der Waals surface area contributed by atoms with Gasteiger partial charge in [-0.05, 0) is 30.9 Å². The van der Waals surface area contributed by atoms with Gasteiger partial charge in [0.1, 0.15) is 5.82 Å². The molecule has 1 heterocycles. The third kappa shape index (κ3) is 6.50. The lowest BCUT2D eigenvalue weighted by Gasteiger charge is -2.07. The molecule has 0 bridgehead atoms. The SMILES string of the molecule is CCCCCNc1ccc(C(=O)NCCC(C)C)nn1. The van der Waals surface area contributed by atoms with Crippen molar-refractivity contribution in [3.8, 4) is 0 Å². The van der Waals surface area contributed by atoms with Gasteiger partial charge < -0.3 is 10.6 Å². The number of carbonyl (C=O) groups is 1. The van der Waals surface area contributed by atoms with Crippen molar-refractivity contribution in [2.45, 2.75) is 46.5 Å². The van der Waals surface area contributed by atoms with Crippen LogP contribution in [0.5, 0.6) is 0 Å². The van der Waals surface area contributed by atoms with Gasteiger partial charge >= 0.3 is 0 Å². The first-order valence-corrected chi connectivity index (χ1v) is 7.49. The van der Waals surface area contributed by atoms with E-state index in [0.717, 1.165) is 25.2 Å². The standard InChI is InChI=1S/C15H26N4O/c1-4-5-6-10-16-14-8-7-13(18-19-14)15(20)17-11-9-12(2)3/h7-8,12H,4-6,9-11H2,1-3H3,(H,16,19)(H,17,20). The van der Waals surface area contributed by atoms with E-state index in [2.05, 4.69) is 41.6 Å². The summed E-state index contributed by atoms with van der Waals surface area (Å²) >= 11 is 0. The van der Waals surface area contributed by atoms with E-state index in [-0.39, 0.29) is 5.91 Å². The van der Waals surface area contributed by atoms with Crippen LogP contribution >= 0.6 is 0 Å². The van der Waals surface area contributed by atoms with Gasteiger partial charge in [-0.15, -0.1) is 10.2 Å². The highest BCUT2D eigenvalue weighted by Crippen LogP contribution is 2.04. The van der Waals surface area contributed by atoms with Gasteiger partial charge in [-0.25, -0.2) is 0 Å². The Balaban J connectivity index is 2.35. The summed E-state index contributed by atoms with van der Waals surface area (Å²) in [6, 6.07) is 3.51. The number of hydrogen-bond acceptors (Lipinski definition) is 4. The predicted molar refractivity (Wildman–Crippen MR) is 81.8 cm³/mol. The Kier molecular flexibility index (Phi) is 7.62. The highest BCUT2D eigenvalue weighted by molar-refractivity contribution is 5.92. The van der Waals surface area contributed by atoms with Gasteiger partial charge in [-0.3, -0.25) is 4.79 Å². The lowest BCUT2D eigenvalue weighted by molar-refractivity contribution is 0.0946. The fourth-order valence-electron chi connectivity index (χ4n) is 1.70. The normalized spacial score (nSPS) is 10.6. The second-order valence-electron chi connectivity index (χ2n) is 5.38. The number of rotatable bonds is 9. The molecule has 112 valence electrons. The van der Waals surface area contributed by atoms with E-state index in [4.69, 9.17) is 0 Å². The minimum absolute atomic E-state index is 0.157. The number of nitrogens with one attached hydrogen (secondary N) is 2. The largest absolute Gasteiger partial charge is 0.369 e. The zero-order valence-corrected chi connectivity index (χ0v) is 12.8. The maximum absolute atomic E-state index is 11.8. The molecule has 0 radical (unpaired) electrons. The van der Waals surface area contributed by atoms with Crippen molar-refractivity contribution in [1.82, 2.24) is 15.5 Å². The quantitative estimate of drug-likeness (QED) is 0.682. The molecule has 0 saturated carbocycles. The Morgan fingerprint density at radius 1 is 1.20 bits per heavy atom. The number of carbonyl (C=O) groups excluding carboxylic acids is 1. The molecule has 1 aromatic heterocycles. The fourth-order valence-corrected chi connectivity index (χ4v) is 1.70. The van der Waals surface area contributed by atoms with Crippen molar-refractivity contribution < 1.29 is 4.79 Å². The maximum Gasteiger partial charge on any atom is 0.271 e. The average molecular weight is 278 g/mol. The third-order valence-corrected chi connectivity index (χ3v) is 2.99. The molecule has 0 fully saturated rings. The van der Waals surface area contributed by atoms with Crippen molar-refractivity contribution in [3.05, 3.63) is 17.8 Å². The molecule has 20 heavy (non-hydrogen) atoms. The van der Waals surface area contributed by atoms with E-state index in [9.17, 15) is 4.79 Å². The van der Waals surface area contributed by atoms with Gasteiger partial charge in [0.05, 0.1) is 0 Å². The van der Waals surface area contributed by atoms with Crippen LogP contribution in [-0.2, 0) is 0 Å². The molecule has 5 nitrogen and oxygen atoms in total. The number of nitrogens with zero attached hydrogens (tertiary/aromatic N) is 2. The van der Waals surface area contributed by atoms with E-state index in [1.807, 2.05) is 0 Å². The summed E-state index contributed by atoms with van der Waals surface area (Å²) in [5, 5.41) is 14.0. The van der Waals surface area contributed by atoms with Crippen LogP contribution in [0.3, 0.4) is 0 Å². The molecule has 0 spiro atoms. The van der Waals surface area contributed by atoms with Gasteiger partial charge in [0.25, 0.3) is 5.91 Å². The molecular formula is C15H26N4O. The summed E-state index contributed by atoms with van der Waals surface area (Å²) in [7, 11) is 0. The van der Waals surface area contributed by atoms with Crippen molar-refractivity contribution in [3.63, 3.8) is 0 Å². The first-order chi connectivity index (χ1) is 9.63. The Morgan fingerprint density at radius 2 is 2.00 bits per heavy atom. The summed E-state index contributed by atoms with van der Waals surface area (Å²) in [6.07, 6.45) is 4.49. The Labute approximate surface area is 121 Å². The lowest BCUT2D eigenvalue weighted by atomic mass is 10.1. The molecule has 0 saturated heterocycles.